The van der Waals surface area contributed by atoms with Gasteiger partial charge in [0.15, 0.2) is 5.82 Å². The summed E-state index contributed by atoms with van der Waals surface area (Å²) >= 11 is 0. The molecule has 0 bridgehead atoms. The number of allylic oxidation sites excluding steroid dienone is 1. The van der Waals surface area contributed by atoms with Crippen molar-refractivity contribution in [3.63, 3.8) is 0 Å². The molecule has 0 saturated heterocycles. The van der Waals surface area contributed by atoms with Crippen molar-refractivity contribution in [2.75, 3.05) is 19.0 Å². The lowest BCUT2D eigenvalue weighted by atomic mass is 10.1. The Labute approximate surface area is 152 Å². The van der Waals surface area contributed by atoms with Gasteiger partial charge in [0.25, 0.3) is 5.56 Å². The smallest absolute Gasteiger partial charge is 0.259 e. The first kappa shape index (κ1) is 17.4. The first-order chi connectivity index (χ1) is 12.5. The molecule has 0 fully saturated rings. The molecule has 0 spiro atoms. The first-order valence-electron chi connectivity index (χ1n) is 8.44. The lowest BCUT2D eigenvalue weighted by Gasteiger charge is -2.11. The van der Waals surface area contributed by atoms with Crippen LogP contribution in [-0.2, 0) is 6.42 Å². The molecule has 3 rings (SSSR count). The highest BCUT2D eigenvalue weighted by Crippen LogP contribution is 2.19. The standard InChI is InChI=1S/C21H20N4O/c1-4-14-7-10-19-18(12-14)21(26)24-20(23-19)16(13-22)11-15-5-8-17(9-6-15)25(2)3/h5-12H,4H2,1-3H3,(H,23,24,26)/b16-11-. The van der Waals surface area contributed by atoms with Crippen LogP contribution in [0.25, 0.3) is 22.6 Å². The minimum Gasteiger partial charge on any atom is -0.378 e. The van der Waals surface area contributed by atoms with Gasteiger partial charge in [-0.05, 0) is 47.9 Å². The molecule has 26 heavy (non-hydrogen) atoms. The minimum absolute atomic E-state index is 0.232. The molecule has 0 aliphatic rings. The zero-order valence-corrected chi connectivity index (χ0v) is 15.1. The summed E-state index contributed by atoms with van der Waals surface area (Å²) in [4.78, 5) is 21.6. The number of nitrogens with one attached hydrogen (secondary N) is 1. The van der Waals surface area contributed by atoms with Crippen LogP contribution in [0.5, 0.6) is 0 Å². The number of H-pyrrole nitrogens is 1. The van der Waals surface area contributed by atoms with E-state index in [2.05, 4.69) is 16.0 Å². The maximum absolute atomic E-state index is 12.4. The highest BCUT2D eigenvalue weighted by Gasteiger charge is 2.09. The van der Waals surface area contributed by atoms with Crippen LogP contribution in [0.2, 0.25) is 0 Å². The van der Waals surface area contributed by atoms with E-state index in [1.165, 1.54) is 0 Å². The fourth-order valence-corrected chi connectivity index (χ4v) is 2.72. The third-order valence-electron chi connectivity index (χ3n) is 4.27. The van der Waals surface area contributed by atoms with E-state index in [1.54, 1.807) is 6.08 Å². The van der Waals surface area contributed by atoms with E-state index in [4.69, 9.17) is 0 Å². The second kappa shape index (κ2) is 7.24. The fourth-order valence-electron chi connectivity index (χ4n) is 2.72. The molecule has 0 amide bonds. The van der Waals surface area contributed by atoms with Crippen molar-refractivity contribution in [1.29, 1.82) is 5.26 Å². The van der Waals surface area contributed by atoms with Gasteiger partial charge in [0.2, 0.25) is 0 Å². The maximum Gasteiger partial charge on any atom is 0.259 e. The monoisotopic (exact) mass is 344 g/mol. The van der Waals surface area contributed by atoms with E-state index in [1.807, 2.05) is 68.4 Å². The van der Waals surface area contributed by atoms with Crippen molar-refractivity contribution in [2.24, 2.45) is 0 Å². The Hall–Kier alpha value is -3.39. The second-order valence-corrected chi connectivity index (χ2v) is 6.28. The van der Waals surface area contributed by atoms with Crippen LogP contribution in [0.4, 0.5) is 5.69 Å². The molecular weight excluding hydrogens is 324 g/mol. The largest absolute Gasteiger partial charge is 0.378 e. The third-order valence-corrected chi connectivity index (χ3v) is 4.27. The predicted octanol–water partition coefficient (Wildman–Crippen LogP) is 3.62. The van der Waals surface area contributed by atoms with E-state index in [-0.39, 0.29) is 11.4 Å². The Morgan fingerprint density at radius 3 is 2.58 bits per heavy atom. The molecule has 130 valence electrons. The van der Waals surface area contributed by atoms with Gasteiger partial charge in [-0.3, -0.25) is 4.79 Å². The number of aryl methyl sites for hydroxylation is 1. The van der Waals surface area contributed by atoms with Crippen molar-refractivity contribution >= 4 is 28.2 Å². The van der Waals surface area contributed by atoms with Crippen LogP contribution in [0.3, 0.4) is 0 Å². The molecule has 0 aliphatic carbocycles. The molecule has 5 nitrogen and oxygen atoms in total. The van der Waals surface area contributed by atoms with Crippen LogP contribution in [0, 0.1) is 11.3 Å². The van der Waals surface area contributed by atoms with Gasteiger partial charge in [0, 0.05) is 19.8 Å². The van der Waals surface area contributed by atoms with Crippen molar-refractivity contribution in [3.05, 3.63) is 69.8 Å². The average Bonchev–Trinajstić information content (AvgIpc) is 2.66. The number of nitrogens with zero attached hydrogens (tertiary/aromatic N) is 3. The summed E-state index contributed by atoms with van der Waals surface area (Å²) < 4.78 is 0. The van der Waals surface area contributed by atoms with Crippen molar-refractivity contribution in [1.82, 2.24) is 9.97 Å². The van der Waals surface area contributed by atoms with Crippen LogP contribution in [0.1, 0.15) is 23.9 Å². The summed E-state index contributed by atoms with van der Waals surface area (Å²) in [5.41, 5.74) is 3.70. The topological polar surface area (TPSA) is 72.8 Å². The first-order valence-corrected chi connectivity index (χ1v) is 8.44. The molecule has 0 saturated carbocycles. The van der Waals surface area contributed by atoms with Gasteiger partial charge in [0.05, 0.1) is 16.5 Å². The predicted molar refractivity (Wildman–Crippen MR) is 106 cm³/mol. The number of nitriles is 1. The SMILES string of the molecule is CCc1ccc2nc(/C(C#N)=C\c3ccc(N(C)C)cc3)[nH]c(=O)c2c1. The summed E-state index contributed by atoms with van der Waals surface area (Å²) in [7, 11) is 3.94. The Morgan fingerprint density at radius 1 is 1.23 bits per heavy atom. The zero-order chi connectivity index (χ0) is 18.7. The van der Waals surface area contributed by atoms with Crippen LogP contribution >= 0.6 is 0 Å². The molecule has 0 radical (unpaired) electrons. The van der Waals surface area contributed by atoms with Crippen molar-refractivity contribution in [3.8, 4) is 6.07 Å². The number of rotatable bonds is 4. The zero-order valence-electron chi connectivity index (χ0n) is 15.1. The number of hydrogen-bond acceptors (Lipinski definition) is 4. The summed E-state index contributed by atoms with van der Waals surface area (Å²) in [6.07, 6.45) is 2.58. The Bertz CT molecular complexity index is 1070. The van der Waals surface area contributed by atoms with E-state index in [0.717, 1.165) is 23.2 Å². The summed E-state index contributed by atoms with van der Waals surface area (Å²) in [6, 6.07) is 15.6. The van der Waals surface area contributed by atoms with E-state index >= 15 is 0 Å². The summed E-state index contributed by atoms with van der Waals surface area (Å²) in [5, 5.41) is 10.1. The second-order valence-electron chi connectivity index (χ2n) is 6.28. The maximum atomic E-state index is 12.4. The normalized spacial score (nSPS) is 11.4. The van der Waals surface area contributed by atoms with Gasteiger partial charge in [-0.25, -0.2) is 4.98 Å². The summed E-state index contributed by atoms with van der Waals surface area (Å²) in [5.74, 6) is 0.283. The molecule has 1 aromatic heterocycles. The molecule has 3 aromatic rings. The molecule has 0 aliphatic heterocycles. The van der Waals surface area contributed by atoms with Gasteiger partial charge in [-0.1, -0.05) is 25.1 Å². The number of hydrogen-bond donors (Lipinski definition) is 1. The number of aromatic nitrogens is 2. The minimum atomic E-state index is -0.232. The Kier molecular flexibility index (Phi) is 4.85. The molecule has 2 aromatic carbocycles. The molecule has 5 heteroatoms. The van der Waals surface area contributed by atoms with E-state index < -0.39 is 0 Å². The van der Waals surface area contributed by atoms with E-state index in [0.29, 0.717) is 16.5 Å². The molecule has 0 atom stereocenters. The number of fused-ring (bicyclic) bond motifs is 1. The van der Waals surface area contributed by atoms with Crippen molar-refractivity contribution < 1.29 is 0 Å². The summed E-state index contributed by atoms with van der Waals surface area (Å²) in [6.45, 7) is 2.04. The number of anilines is 1. The lowest BCUT2D eigenvalue weighted by molar-refractivity contribution is 1.11. The van der Waals surface area contributed by atoms with Crippen LogP contribution < -0.4 is 10.5 Å². The van der Waals surface area contributed by atoms with Gasteiger partial charge < -0.3 is 9.88 Å². The van der Waals surface area contributed by atoms with Crippen molar-refractivity contribution in [2.45, 2.75) is 13.3 Å². The molecular formula is C21H20N4O. The highest BCUT2D eigenvalue weighted by molar-refractivity contribution is 5.89. The fraction of sp³-hybridized carbons (Fsp3) is 0.190. The quantitative estimate of drug-likeness (QED) is 0.734. The van der Waals surface area contributed by atoms with Gasteiger partial charge in [-0.15, -0.1) is 0 Å². The van der Waals surface area contributed by atoms with Gasteiger partial charge in [0.1, 0.15) is 6.07 Å². The molecule has 1 heterocycles. The molecule has 0 unspecified atom stereocenters. The number of aromatic amines is 1. The Morgan fingerprint density at radius 2 is 1.96 bits per heavy atom. The van der Waals surface area contributed by atoms with Crippen LogP contribution in [0.15, 0.2) is 47.3 Å². The average molecular weight is 344 g/mol. The Balaban J connectivity index is 2.05. The van der Waals surface area contributed by atoms with Crippen LogP contribution in [-0.4, -0.2) is 24.1 Å². The third kappa shape index (κ3) is 3.50. The number of benzene rings is 2. The lowest BCUT2D eigenvalue weighted by Crippen LogP contribution is -2.11. The molecule has 1 N–H and O–H groups in total. The van der Waals surface area contributed by atoms with Gasteiger partial charge >= 0.3 is 0 Å². The highest BCUT2D eigenvalue weighted by atomic mass is 16.1. The van der Waals surface area contributed by atoms with E-state index in [9.17, 15) is 10.1 Å². The van der Waals surface area contributed by atoms with Gasteiger partial charge in [-0.2, -0.15) is 5.26 Å².